The Balaban J connectivity index is 1.35. The molecule has 0 saturated carbocycles. The first kappa shape index (κ1) is 26.4. The Hall–Kier alpha value is -4.20. The summed E-state index contributed by atoms with van der Waals surface area (Å²) in [4.78, 5) is 21.5. The molecule has 1 amide bonds. The number of carbonyl (C=O) groups excluding carboxylic acids is 1. The topological polar surface area (TPSA) is 65.8 Å². The Labute approximate surface area is 224 Å². The number of carbonyl (C=O) groups is 1. The number of aromatic nitrogens is 3. The molecule has 0 radical (unpaired) electrons. The standard InChI is InChI=1S/C29H27F3N6O/c1-20-4-5-22(16-21(20)6-7-23-18-34-38-11-3-10-33-27(23)38)28(39)35-25-9-8-24(26(17-25)29(30,31)32)19-37-14-12-36(2)13-15-37/h3-5,8-11,16-18H,12-15,19H2,1-2H3,(H,35,39). The molecule has 7 nitrogen and oxygen atoms in total. The average molecular weight is 533 g/mol. The van der Waals surface area contributed by atoms with Crippen LogP contribution in [0.2, 0.25) is 0 Å². The summed E-state index contributed by atoms with van der Waals surface area (Å²) in [7, 11) is 2.00. The largest absolute Gasteiger partial charge is 0.416 e. The van der Waals surface area contributed by atoms with Gasteiger partial charge in [-0.3, -0.25) is 9.69 Å². The van der Waals surface area contributed by atoms with Gasteiger partial charge in [0.05, 0.1) is 17.3 Å². The fourth-order valence-corrected chi connectivity index (χ4v) is 4.45. The molecule has 39 heavy (non-hydrogen) atoms. The van der Waals surface area contributed by atoms with Crippen LogP contribution in [0.4, 0.5) is 18.9 Å². The first-order valence-electron chi connectivity index (χ1n) is 12.5. The number of likely N-dealkylation sites (N-methyl/N-ethyl adjacent to an activating group) is 1. The molecule has 1 saturated heterocycles. The second-order valence-corrected chi connectivity index (χ2v) is 9.63. The van der Waals surface area contributed by atoms with Gasteiger partial charge in [-0.2, -0.15) is 18.3 Å². The third-order valence-electron chi connectivity index (χ3n) is 6.77. The molecule has 0 unspecified atom stereocenters. The van der Waals surface area contributed by atoms with Crippen LogP contribution < -0.4 is 5.32 Å². The molecule has 4 aromatic rings. The van der Waals surface area contributed by atoms with Gasteiger partial charge >= 0.3 is 6.18 Å². The van der Waals surface area contributed by atoms with Gasteiger partial charge in [0.25, 0.3) is 5.91 Å². The summed E-state index contributed by atoms with van der Waals surface area (Å²) in [5, 5.41) is 6.83. The third-order valence-corrected chi connectivity index (χ3v) is 6.77. The van der Waals surface area contributed by atoms with Gasteiger partial charge in [0.1, 0.15) is 0 Å². The number of aryl methyl sites for hydroxylation is 1. The number of halogens is 3. The second-order valence-electron chi connectivity index (χ2n) is 9.63. The molecule has 2 aromatic heterocycles. The van der Waals surface area contributed by atoms with Gasteiger partial charge in [-0.1, -0.05) is 24.0 Å². The number of hydrogen-bond donors (Lipinski definition) is 1. The minimum absolute atomic E-state index is 0.0834. The van der Waals surface area contributed by atoms with Crippen molar-refractivity contribution in [3.05, 3.63) is 94.4 Å². The fourth-order valence-electron chi connectivity index (χ4n) is 4.45. The molecule has 0 atom stereocenters. The summed E-state index contributed by atoms with van der Waals surface area (Å²) in [6.07, 6.45) is 0.503. The van der Waals surface area contributed by atoms with E-state index in [1.807, 2.05) is 18.9 Å². The van der Waals surface area contributed by atoms with Crippen molar-refractivity contribution in [3.8, 4) is 11.8 Å². The number of nitrogens with zero attached hydrogens (tertiary/aromatic N) is 5. The van der Waals surface area contributed by atoms with Gasteiger partial charge < -0.3 is 10.2 Å². The van der Waals surface area contributed by atoms with E-state index in [4.69, 9.17) is 0 Å². The Morgan fingerprint density at radius 1 is 1.05 bits per heavy atom. The van der Waals surface area contributed by atoms with E-state index >= 15 is 0 Å². The number of nitrogens with one attached hydrogen (secondary N) is 1. The first-order valence-corrected chi connectivity index (χ1v) is 12.5. The van der Waals surface area contributed by atoms with Crippen molar-refractivity contribution in [2.45, 2.75) is 19.6 Å². The number of fused-ring (bicyclic) bond motifs is 1. The highest BCUT2D eigenvalue weighted by molar-refractivity contribution is 6.04. The van der Waals surface area contributed by atoms with E-state index in [1.165, 1.54) is 12.1 Å². The molecule has 200 valence electrons. The summed E-state index contributed by atoms with van der Waals surface area (Å²) in [5.41, 5.74) is 2.57. The van der Waals surface area contributed by atoms with Crippen molar-refractivity contribution < 1.29 is 18.0 Å². The maximum atomic E-state index is 13.9. The molecular formula is C29H27F3N6O. The molecule has 1 aliphatic rings. The molecule has 10 heteroatoms. The molecule has 1 aliphatic heterocycles. The Kier molecular flexibility index (Phi) is 7.37. The van der Waals surface area contributed by atoms with Crippen LogP contribution in [-0.2, 0) is 12.7 Å². The van der Waals surface area contributed by atoms with Crippen molar-refractivity contribution in [1.82, 2.24) is 24.4 Å². The molecule has 0 spiro atoms. The van der Waals surface area contributed by atoms with Gasteiger partial charge in [-0.25, -0.2) is 9.50 Å². The summed E-state index contributed by atoms with van der Waals surface area (Å²) < 4.78 is 43.4. The van der Waals surface area contributed by atoms with Crippen LogP contribution in [0.25, 0.3) is 5.65 Å². The number of rotatable bonds is 4. The molecule has 3 heterocycles. The maximum Gasteiger partial charge on any atom is 0.416 e. The lowest BCUT2D eigenvalue weighted by Gasteiger charge is -2.33. The fraction of sp³-hybridized carbons (Fsp3) is 0.276. The summed E-state index contributed by atoms with van der Waals surface area (Å²) in [5.74, 6) is 5.59. The van der Waals surface area contributed by atoms with Gasteiger partial charge in [0.2, 0.25) is 0 Å². The number of amides is 1. The maximum absolute atomic E-state index is 13.9. The lowest BCUT2D eigenvalue weighted by molar-refractivity contribution is -0.138. The van der Waals surface area contributed by atoms with Crippen LogP contribution >= 0.6 is 0 Å². The normalized spacial score (nSPS) is 14.7. The van der Waals surface area contributed by atoms with Crippen LogP contribution in [-0.4, -0.2) is 63.5 Å². The number of piperazine rings is 1. The van der Waals surface area contributed by atoms with Gasteiger partial charge in [-0.15, -0.1) is 0 Å². The summed E-state index contributed by atoms with van der Waals surface area (Å²) in [6.45, 7) is 5.12. The van der Waals surface area contributed by atoms with Crippen molar-refractivity contribution in [2.75, 3.05) is 38.5 Å². The second kappa shape index (κ2) is 10.9. The van der Waals surface area contributed by atoms with E-state index in [0.717, 1.165) is 24.7 Å². The smallest absolute Gasteiger partial charge is 0.322 e. The van der Waals surface area contributed by atoms with Crippen LogP contribution in [0, 0.1) is 18.8 Å². The molecule has 1 N–H and O–H groups in total. The van der Waals surface area contributed by atoms with E-state index in [-0.39, 0.29) is 23.4 Å². The minimum Gasteiger partial charge on any atom is -0.322 e. The molecule has 0 bridgehead atoms. The van der Waals surface area contributed by atoms with E-state index in [0.29, 0.717) is 29.9 Å². The molecule has 0 aliphatic carbocycles. The predicted octanol–water partition coefficient (Wildman–Crippen LogP) is 4.46. The Bertz CT molecular complexity index is 1580. The van der Waals surface area contributed by atoms with Crippen LogP contribution in [0.3, 0.4) is 0 Å². The average Bonchev–Trinajstić information content (AvgIpc) is 3.33. The summed E-state index contributed by atoms with van der Waals surface area (Å²) in [6, 6.07) is 10.8. The first-order chi connectivity index (χ1) is 18.7. The zero-order valence-electron chi connectivity index (χ0n) is 21.6. The monoisotopic (exact) mass is 532 g/mol. The minimum atomic E-state index is -4.54. The molecule has 5 rings (SSSR count). The van der Waals surface area contributed by atoms with Gasteiger partial charge in [-0.05, 0) is 55.4 Å². The number of anilines is 1. The number of hydrogen-bond acceptors (Lipinski definition) is 5. The lowest BCUT2D eigenvalue weighted by Crippen LogP contribution is -2.44. The SMILES string of the molecule is Cc1ccc(C(=O)Nc2ccc(CN3CCN(C)CC3)c(C(F)(F)F)c2)cc1C#Cc1cnn2cccnc12. The van der Waals surface area contributed by atoms with E-state index in [1.54, 1.807) is 47.4 Å². The summed E-state index contributed by atoms with van der Waals surface area (Å²) >= 11 is 0. The highest BCUT2D eigenvalue weighted by atomic mass is 19.4. The van der Waals surface area contributed by atoms with E-state index in [2.05, 4.69) is 32.1 Å². The van der Waals surface area contributed by atoms with E-state index in [9.17, 15) is 18.0 Å². The molecule has 2 aromatic carbocycles. The molecular weight excluding hydrogens is 505 g/mol. The zero-order valence-corrected chi connectivity index (χ0v) is 21.6. The Morgan fingerprint density at radius 3 is 2.59 bits per heavy atom. The van der Waals surface area contributed by atoms with Crippen LogP contribution in [0.5, 0.6) is 0 Å². The van der Waals surface area contributed by atoms with Crippen LogP contribution in [0.15, 0.2) is 61.1 Å². The Morgan fingerprint density at radius 2 is 1.82 bits per heavy atom. The highest BCUT2D eigenvalue weighted by Gasteiger charge is 2.34. The van der Waals surface area contributed by atoms with Crippen LogP contribution in [0.1, 0.15) is 38.2 Å². The highest BCUT2D eigenvalue weighted by Crippen LogP contribution is 2.34. The zero-order chi connectivity index (χ0) is 27.6. The number of alkyl halides is 3. The van der Waals surface area contributed by atoms with Gasteiger partial charge in [0.15, 0.2) is 5.65 Å². The quantitative estimate of drug-likeness (QED) is 0.394. The van der Waals surface area contributed by atoms with Crippen molar-refractivity contribution in [1.29, 1.82) is 0 Å². The predicted molar refractivity (Wildman–Crippen MR) is 142 cm³/mol. The lowest BCUT2D eigenvalue weighted by atomic mass is 10.0. The van der Waals surface area contributed by atoms with E-state index < -0.39 is 17.6 Å². The third kappa shape index (κ3) is 6.11. The van der Waals surface area contributed by atoms with Gasteiger partial charge in [0, 0.05) is 61.9 Å². The van der Waals surface area contributed by atoms with Crippen molar-refractivity contribution in [2.24, 2.45) is 0 Å². The molecule has 1 fully saturated rings. The van der Waals surface area contributed by atoms with Crippen molar-refractivity contribution in [3.63, 3.8) is 0 Å². The van der Waals surface area contributed by atoms with Crippen molar-refractivity contribution >= 4 is 17.2 Å². The number of benzene rings is 2.